The van der Waals surface area contributed by atoms with Crippen LogP contribution in [-0.4, -0.2) is 46.5 Å². The summed E-state index contributed by atoms with van der Waals surface area (Å²) >= 11 is 3.41. The van der Waals surface area contributed by atoms with Gasteiger partial charge in [-0.15, -0.1) is 0 Å². The quantitative estimate of drug-likeness (QED) is 0.612. The summed E-state index contributed by atoms with van der Waals surface area (Å²) in [6.07, 6.45) is 0. The van der Waals surface area contributed by atoms with Crippen molar-refractivity contribution in [2.24, 2.45) is 0 Å². The third-order valence-electron chi connectivity index (χ3n) is 3.64. The molecule has 0 spiro atoms. The summed E-state index contributed by atoms with van der Waals surface area (Å²) < 4.78 is 12.7. The first-order valence-corrected chi connectivity index (χ1v) is 8.08. The van der Waals surface area contributed by atoms with Crippen molar-refractivity contribution in [3.8, 4) is 0 Å². The van der Waals surface area contributed by atoms with Gasteiger partial charge in [-0.1, -0.05) is 33.2 Å². The minimum atomic E-state index is -0.459. The molecule has 8 nitrogen and oxygen atoms in total. The van der Waals surface area contributed by atoms with Gasteiger partial charge in [0.15, 0.2) is 0 Å². The fraction of sp³-hybridized carbons (Fsp3) is 0.333. The molecule has 126 valence electrons. The van der Waals surface area contributed by atoms with Gasteiger partial charge in [-0.3, -0.25) is 0 Å². The lowest BCUT2D eigenvalue weighted by molar-refractivity contribution is -0.140. The molecule has 0 unspecified atom stereocenters. The number of carbonyl (C=O) groups excluding carboxylic acids is 1. The first-order chi connectivity index (χ1) is 11.6. The molecule has 0 aliphatic carbocycles. The number of fused-ring (bicyclic) bond motifs is 1. The number of allylic oxidation sites excluding steroid dienone is 1. The van der Waals surface area contributed by atoms with Crippen molar-refractivity contribution in [1.29, 1.82) is 0 Å². The second-order valence-corrected chi connectivity index (χ2v) is 6.11. The lowest BCUT2D eigenvalue weighted by Crippen LogP contribution is -2.30. The molecule has 1 aromatic carbocycles. The fourth-order valence-corrected chi connectivity index (χ4v) is 2.79. The second kappa shape index (κ2) is 7.10. The Morgan fingerprint density at radius 3 is 2.79 bits per heavy atom. The number of halogens is 1. The highest BCUT2D eigenvalue weighted by molar-refractivity contribution is 9.10. The lowest BCUT2D eigenvalue weighted by atomic mass is 9.96. The van der Waals surface area contributed by atoms with Gasteiger partial charge in [-0.05, 0) is 35.0 Å². The number of tetrazole rings is 1. The largest absolute Gasteiger partial charge is 0.460 e. The van der Waals surface area contributed by atoms with E-state index in [1.807, 2.05) is 24.3 Å². The number of hydrogen-bond donors (Lipinski definition) is 1. The summed E-state index contributed by atoms with van der Waals surface area (Å²) in [5, 5.41) is 14.7. The van der Waals surface area contributed by atoms with E-state index in [9.17, 15) is 4.79 Å². The monoisotopic (exact) mass is 393 g/mol. The molecule has 0 bridgehead atoms. The maximum Gasteiger partial charge on any atom is 0.338 e. The molecule has 0 fully saturated rings. The van der Waals surface area contributed by atoms with Gasteiger partial charge in [0.25, 0.3) is 0 Å². The summed E-state index contributed by atoms with van der Waals surface area (Å²) in [5.41, 5.74) is 2.01. The molecule has 2 aromatic rings. The Balaban J connectivity index is 2.00. The molecule has 1 N–H and O–H groups in total. The Morgan fingerprint density at radius 1 is 1.33 bits per heavy atom. The van der Waals surface area contributed by atoms with Gasteiger partial charge < -0.3 is 14.8 Å². The van der Waals surface area contributed by atoms with E-state index in [0.29, 0.717) is 23.8 Å². The standard InChI is InChI=1S/C15H16BrN5O3/c1-9-12(14(22)24-8-7-23-2)13(10-3-5-11(16)6-4-10)21-15(17-9)18-19-20-21/h3-6,13H,7-8H2,1-2H3,(H,17,18,20)/t13-/m1/s1. The molecule has 24 heavy (non-hydrogen) atoms. The molecule has 3 rings (SSSR count). The molecule has 2 heterocycles. The van der Waals surface area contributed by atoms with E-state index in [1.165, 1.54) is 0 Å². The van der Waals surface area contributed by atoms with E-state index in [1.54, 1.807) is 18.7 Å². The Bertz CT molecular complexity index is 772. The van der Waals surface area contributed by atoms with Crippen LogP contribution >= 0.6 is 15.9 Å². The highest BCUT2D eigenvalue weighted by Gasteiger charge is 2.34. The van der Waals surface area contributed by atoms with Gasteiger partial charge in [0.05, 0.1) is 12.2 Å². The van der Waals surface area contributed by atoms with Crippen LogP contribution < -0.4 is 5.32 Å². The van der Waals surface area contributed by atoms with E-state index >= 15 is 0 Å². The first kappa shape index (κ1) is 16.6. The maximum absolute atomic E-state index is 12.6. The van der Waals surface area contributed by atoms with Gasteiger partial charge in [-0.2, -0.15) is 4.68 Å². The fourth-order valence-electron chi connectivity index (χ4n) is 2.53. The summed E-state index contributed by atoms with van der Waals surface area (Å²) in [6.45, 7) is 2.32. The number of nitrogens with zero attached hydrogens (tertiary/aromatic N) is 4. The van der Waals surface area contributed by atoms with E-state index in [4.69, 9.17) is 9.47 Å². The average Bonchev–Trinajstić information content (AvgIpc) is 3.02. The molecular formula is C15H16BrN5O3. The van der Waals surface area contributed by atoms with Crippen LogP contribution in [0.25, 0.3) is 0 Å². The first-order valence-electron chi connectivity index (χ1n) is 7.29. The van der Waals surface area contributed by atoms with Crippen LogP contribution in [0, 0.1) is 0 Å². The van der Waals surface area contributed by atoms with Crippen LogP contribution in [0.5, 0.6) is 0 Å². The molecule has 0 amide bonds. The van der Waals surface area contributed by atoms with E-state index in [-0.39, 0.29) is 6.61 Å². The normalized spacial score (nSPS) is 16.5. The Hall–Kier alpha value is -2.26. The molecule has 0 saturated carbocycles. The minimum Gasteiger partial charge on any atom is -0.460 e. The molecule has 1 atom stereocenters. The Kier molecular flexibility index (Phi) is 4.91. The third kappa shape index (κ3) is 3.17. The van der Waals surface area contributed by atoms with E-state index < -0.39 is 12.0 Å². The van der Waals surface area contributed by atoms with Crippen LogP contribution in [0.4, 0.5) is 5.95 Å². The maximum atomic E-state index is 12.6. The number of aromatic nitrogens is 4. The topological polar surface area (TPSA) is 91.2 Å². The molecule has 9 heteroatoms. The number of methoxy groups -OCH3 is 1. The van der Waals surface area contributed by atoms with Crippen molar-refractivity contribution >= 4 is 27.8 Å². The summed E-state index contributed by atoms with van der Waals surface area (Å²) in [5.74, 6) is 0.0555. The van der Waals surface area contributed by atoms with E-state index in [0.717, 1.165) is 10.0 Å². The third-order valence-corrected chi connectivity index (χ3v) is 4.17. The zero-order valence-corrected chi connectivity index (χ0v) is 14.8. The molecule has 1 aromatic heterocycles. The number of benzene rings is 1. The van der Waals surface area contributed by atoms with E-state index in [2.05, 4.69) is 36.8 Å². The highest BCUT2D eigenvalue weighted by Crippen LogP contribution is 2.35. The predicted molar refractivity (Wildman–Crippen MR) is 89.3 cm³/mol. The lowest BCUT2D eigenvalue weighted by Gasteiger charge is -2.27. The number of hydrogen-bond acceptors (Lipinski definition) is 7. The minimum absolute atomic E-state index is 0.182. The van der Waals surface area contributed by atoms with Gasteiger partial charge in [0.2, 0.25) is 5.95 Å². The summed E-state index contributed by atoms with van der Waals surface area (Å²) in [6, 6.07) is 7.19. The SMILES string of the molecule is COCCOC(=O)C1=C(C)Nc2nnnn2[C@@H]1c1ccc(Br)cc1. The van der Waals surface area contributed by atoms with Crippen LogP contribution in [0.2, 0.25) is 0 Å². The Labute approximate surface area is 147 Å². The summed E-state index contributed by atoms with van der Waals surface area (Å²) in [7, 11) is 1.55. The average molecular weight is 394 g/mol. The molecule has 0 radical (unpaired) electrons. The molecule has 1 aliphatic heterocycles. The van der Waals surface area contributed by atoms with Crippen molar-refractivity contribution in [3.63, 3.8) is 0 Å². The van der Waals surface area contributed by atoms with Crippen LogP contribution in [-0.2, 0) is 14.3 Å². The number of esters is 1. The van der Waals surface area contributed by atoms with Crippen LogP contribution in [0.15, 0.2) is 40.0 Å². The zero-order chi connectivity index (χ0) is 17.1. The van der Waals surface area contributed by atoms with Gasteiger partial charge >= 0.3 is 5.97 Å². The number of rotatable bonds is 5. The number of nitrogens with one attached hydrogen (secondary N) is 1. The molecule has 1 aliphatic rings. The number of ether oxygens (including phenoxy) is 2. The van der Waals surface area contributed by atoms with Crippen molar-refractivity contribution in [3.05, 3.63) is 45.6 Å². The highest BCUT2D eigenvalue weighted by atomic mass is 79.9. The number of carbonyl (C=O) groups is 1. The predicted octanol–water partition coefficient (Wildman–Crippen LogP) is 1.91. The number of anilines is 1. The van der Waals surface area contributed by atoms with Crippen LogP contribution in [0.1, 0.15) is 18.5 Å². The summed E-state index contributed by atoms with van der Waals surface area (Å²) in [4.78, 5) is 12.6. The molecule has 0 saturated heterocycles. The van der Waals surface area contributed by atoms with Gasteiger partial charge in [0.1, 0.15) is 12.6 Å². The van der Waals surface area contributed by atoms with Crippen molar-refractivity contribution in [2.45, 2.75) is 13.0 Å². The Morgan fingerprint density at radius 2 is 2.08 bits per heavy atom. The zero-order valence-electron chi connectivity index (χ0n) is 13.2. The van der Waals surface area contributed by atoms with Crippen molar-refractivity contribution in [2.75, 3.05) is 25.6 Å². The smallest absolute Gasteiger partial charge is 0.338 e. The molecular weight excluding hydrogens is 378 g/mol. The van der Waals surface area contributed by atoms with Gasteiger partial charge in [-0.25, -0.2) is 4.79 Å². The van der Waals surface area contributed by atoms with Gasteiger partial charge in [0, 0.05) is 17.3 Å². The van der Waals surface area contributed by atoms with Crippen molar-refractivity contribution in [1.82, 2.24) is 20.2 Å². The second-order valence-electron chi connectivity index (χ2n) is 5.19. The van der Waals surface area contributed by atoms with Crippen molar-refractivity contribution < 1.29 is 14.3 Å². The van der Waals surface area contributed by atoms with Crippen LogP contribution in [0.3, 0.4) is 0 Å².